The van der Waals surface area contributed by atoms with E-state index < -0.39 is 23.2 Å². The third-order valence-corrected chi connectivity index (χ3v) is 7.33. The second-order valence-electron chi connectivity index (χ2n) is 7.82. The van der Waals surface area contributed by atoms with Crippen LogP contribution in [0.5, 0.6) is 17.5 Å². The minimum Gasteiger partial charge on any atom is -0.481 e. The smallest absolute Gasteiger partial charge is 0.416 e. The second kappa shape index (κ2) is 8.99. The number of halogens is 3. The van der Waals surface area contributed by atoms with E-state index in [-0.39, 0.29) is 23.1 Å². The molecule has 3 heterocycles. The van der Waals surface area contributed by atoms with E-state index in [2.05, 4.69) is 15.0 Å². The molecule has 0 fully saturated rings. The number of aromatic nitrogens is 3. The molecule has 0 bridgehead atoms. The van der Waals surface area contributed by atoms with Crippen molar-refractivity contribution in [2.24, 2.45) is 0 Å². The van der Waals surface area contributed by atoms with E-state index in [9.17, 15) is 18.0 Å². The number of ether oxygens (including phenoxy) is 3. The van der Waals surface area contributed by atoms with Crippen LogP contribution in [-0.2, 0) is 11.8 Å². The molecule has 1 aromatic carbocycles. The molecule has 186 valence electrons. The number of carbonyl (C=O) groups is 1. The summed E-state index contributed by atoms with van der Waals surface area (Å²) in [5.41, 5.74) is -0.722. The number of benzene rings is 1. The van der Waals surface area contributed by atoms with Crippen LogP contribution >= 0.6 is 11.3 Å². The van der Waals surface area contributed by atoms with Gasteiger partial charge in [0.25, 0.3) is 5.91 Å². The fourth-order valence-corrected chi connectivity index (χ4v) is 5.30. The van der Waals surface area contributed by atoms with E-state index in [0.717, 1.165) is 17.0 Å². The van der Waals surface area contributed by atoms with Crippen molar-refractivity contribution in [2.45, 2.75) is 38.5 Å². The van der Waals surface area contributed by atoms with Gasteiger partial charge in [0.15, 0.2) is 10.7 Å². The Labute approximate surface area is 203 Å². The highest BCUT2D eigenvalue weighted by Crippen LogP contribution is 2.52. The molecular formula is C23H23F3N4O4S. The van der Waals surface area contributed by atoms with Gasteiger partial charge in [-0.3, -0.25) is 9.69 Å². The minimum atomic E-state index is -4.50. The predicted octanol–water partition coefficient (Wildman–Crippen LogP) is 5.32. The summed E-state index contributed by atoms with van der Waals surface area (Å²) in [6, 6.07) is 3.36. The largest absolute Gasteiger partial charge is 0.481 e. The third kappa shape index (κ3) is 4.05. The molecule has 0 N–H and O–H groups in total. The van der Waals surface area contributed by atoms with Crippen molar-refractivity contribution in [2.75, 3.05) is 26.2 Å². The van der Waals surface area contributed by atoms with Crippen molar-refractivity contribution >= 4 is 22.4 Å². The first-order chi connectivity index (χ1) is 16.6. The van der Waals surface area contributed by atoms with E-state index in [1.165, 1.54) is 49.9 Å². The first kappa shape index (κ1) is 24.7. The SMILES string of the molecule is CCC1(CC)Oc2cc(C(F)(F)F)ccc2-c2nc(N(C)C(=O)c3c(OC)ncnc3OC)sc21. The monoisotopic (exact) mass is 508 g/mol. The maximum atomic E-state index is 13.4. The molecular weight excluding hydrogens is 485 g/mol. The molecule has 1 aliphatic heterocycles. The Hall–Kier alpha value is -3.41. The van der Waals surface area contributed by atoms with Gasteiger partial charge in [-0.05, 0) is 31.0 Å². The highest BCUT2D eigenvalue weighted by atomic mass is 32.1. The number of alkyl halides is 3. The molecule has 2 aromatic heterocycles. The normalized spacial score (nSPS) is 13.9. The molecule has 0 saturated heterocycles. The maximum absolute atomic E-state index is 13.4. The molecule has 0 spiro atoms. The Bertz CT molecular complexity index is 1250. The van der Waals surface area contributed by atoms with Crippen LogP contribution in [0, 0.1) is 0 Å². The topological polar surface area (TPSA) is 86.7 Å². The van der Waals surface area contributed by atoms with Crippen LogP contribution in [0.3, 0.4) is 0 Å². The van der Waals surface area contributed by atoms with Crippen LogP contribution in [0.15, 0.2) is 24.5 Å². The van der Waals surface area contributed by atoms with Gasteiger partial charge < -0.3 is 14.2 Å². The number of thiazole rings is 1. The molecule has 0 radical (unpaired) electrons. The molecule has 1 aliphatic rings. The summed E-state index contributed by atoms with van der Waals surface area (Å²) in [6.45, 7) is 3.80. The molecule has 8 nitrogen and oxygen atoms in total. The summed E-state index contributed by atoms with van der Waals surface area (Å²) in [5, 5.41) is 0.329. The average Bonchev–Trinajstić information content (AvgIpc) is 3.32. The van der Waals surface area contributed by atoms with E-state index in [4.69, 9.17) is 14.2 Å². The van der Waals surface area contributed by atoms with Gasteiger partial charge in [-0.2, -0.15) is 13.2 Å². The Morgan fingerprint density at radius 1 is 1.14 bits per heavy atom. The van der Waals surface area contributed by atoms with Crippen LogP contribution in [0.2, 0.25) is 0 Å². The lowest BCUT2D eigenvalue weighted by Gasteiger charge is -2.36. The zero-order chi connectivity index (χ0) is 25.5. The number of methoxy groups -OCH3 is 2. The lowest BCUT2D eigenvalue weighted by Crippen LogP contribution is -2.34. The lowest BCUT2D eigenvalue weighted by molar-refractivity contribution is -0.137. The number of nitrogens with zero attached hydrogens (tertiary/aromatic N) is 4. The fourth-order valence-electron chi connectivity index (χ4n) is 4.00. The molecule has 0 unspecified atom stereocenters. The Balaban J connectivity index is 1.83. The molecule has 0 aliphatic carbocycles. The first-order valence-electron chi connectivity index (χ1n) is 10.7. The van der Waals surface area contributed by atoms with Crippen molar-refractivity contribution in [3.63, 3.8) is 0 Å². The van der Waals surface area contributed by atoms with Crippen molar-refractivity contribution in [1.29, 1.82) is 0 Å². The standard InChI is InChI=1S/C23H23F3N4O4S/c1-6-22(7-2)17-16(13-9-8-12(23(24,25)26)10-14(13)34-22)29-21(35-17)30(3)20(31)15-18(32-4)27-11-28-19(15)33-5/h8-11H,6-7H2,1-5H3. The molecule has 3 aromatic rings. The Morgan fingerprint density at radius 3 is 2.31 bits per heavy atom. The Morgan fingerprint density at radius 2 is 1.77 bits per heavy atom. The number of rotatable bonds is 6. The van der Waals surface area contributed by atoms with E-state index >= 15 is 0 Å². The zero-order valence-corrected chi connectivity index (χ0v) is 20.5. The highest BCUT2D eigenvalue weighted by molar-refractivity contribution is 7.16. The van der Waals surface area contributed by atoms with Crippen LogP contribution < -0.4 is 19.1 Å². The maximum Gasteiger partial charge on any atom is 0.416 e. The van der Waals surface area contributed by atoms with Crippen molar-refractivity contribution in [3.8, 4) is 28.8 Å². The second-order valence-corrected chi connectivity index (χ2v) is 8.80. The number of hydrogen-bond acceptors (Lipinski definition) is 8. The van der Waals surface area contributed by atoms with Crippen LogP contribution in [-0.4, -0.2) is 42.1 Å². The summed E-state index contributed by atoms with van der Waals surface area (Å²) in [4.78, 5) is 28.1. The van der Waals surface area contributed by atoms with Gasteiger partial charge in [-0.15, -0.1) is 0 Å². The number of hydrogen-bond donors (Lipinski definition) is 0. The van der Waals surface area contributed by atoms with Crippen LogP contribution in [0.4, 0.5) is 18.3 Å². The van der Waals surface area contributed by atoms with Crippen molar-refractivity contribution < 1.29 is 32.2 Å². The Kier molecular flexibility index (Phi) is 6.34. The van der Waals surface area contributed by atoms with Crippen molar-refractivity contribution in [1.82, 2.24) is 15.0 Å². The zero-order valence-electron chi connectivity index (χ0n) is 19.7. The lowest BCUT2D eigenvalue weighted by atomic mass is 9.89. The van der Waals surface area contributed by atoms with E-state index in [0.29, 0.717) is 29.2 Å². The molecule has 1 amide bonds. The van der Waals surface area contributed by atoms with E-state index in [1.54, 1.807) is 0 Å². The van der Waals surface area contributed by atoms with Crippen LogP contribution in [0.1, 0.15) is 47.5 Å². The molecule has 4 rings (SSSR count). The number of amides is 1. The summed E-state index contributed by atoms with van der Waals surface area (Å²) < 4.78 is 56.7. The number of carbonyl (C=O) groups excluding carboxylic acids is 1. The van der Waals surface area contributed by atoms with Crippen molar-refractivity contribution in [3.05, 3.63) is 40.5 Å². The average molecular weight is 509 g/mol. The number of fused-ring (bicyclic) bond motifs is 3. The van der Waals surface area contributed by atoms with E-state index in [1.807, 2.05) is 13.8 Å². The quantitative estimate of drug-likeness (QED) is 0.445. The first-order valence-corrected chi connectivity index (χ1v) is 11.5. The predicted molar refractivity (Wildman–Crippen MR) is 123 cm³/mol. The minimum absolute atomic E-state index is 0.0249. The summed E-state index contributed by atoms with van der Waals surface area (Å²) >= 11 is 1.25. The number of anilines is 1. The summed E-state index contributed by atoms with van der Waals surface area (Å²) in [5.74, 6) is -0.320. The highest BCUT2D eigenvalue weighted by Gasteiger charge is 2.43. The summed E-state index contributed by atoms with van der Waals surface area (Å²) in [6.07, 6.45) is -2.29. The summed E-state index contributed by atoms with van der Waals surface area (Å²) in [7, 11) is 4.29. The van der Waals surface area contributed by atoms with Gasteiger partial charge in [0, 0.05) is 12.6 Å². The van der Waals surface area contributed by atoms with Gasteiger partial charge in [0.1, 0.15) is 17.7 Å². The van der Waals surface area contributed by atoms with Gasteiger partial charge in [-0.1, -0.05) is 25.2 Å². The van der Waals surface area contributed by atoms with Gasteiger partial charge in [-0.25, -0.2) is 15.0 Å². The molecule has 0 atom stereocenters. The fraction of sp³-hybridized carbons (Fsp3) is 0.391. The molecule has 35 heavy (non-hydrogen) atoms. The molecule has 12 heteroatoms. The van der Waals surface area contributed by atoms with Gasteiger partial charge >= 0.3 is 6.18 Å². The van der Waals surface area contributed by atoms with Crippen LogP contribution in [0.25, 0.3) is 11.3 Å². The molecule has 0 saturated carbocycles. The third-order valence-electron chi connectivity index (χ3n) is 6.01. The van der Waals surface area contributed by atoms with Gasteiger partial charge in [0.2, 0.25) is 11.8 Å². The van der Waals surface area contributed by atoms with Gasteiger partial charge in [0.05, 0.1) is 30.4 Å².